The van der Waals surface area contributed by atoms with Gasteiger partial charge < -0.3 is 30.2 Å². The lowest BCUT2D eigenvalue weighted by molar-refractivity contribution is 0.0954. The van der Waals surface area contributed by atoms with Crippen molar-refractivity contribution in [1.29, 1.82) is 0 Å². The van der Waals surface area contributed by atoms with Gasteiger partial charge in [-0.2, -0.15) is 4.98 Å². The Labute approximate surface area is 164 Å². The van der Waals surface area contributed by atoms with Crippen LogP contribution in [0.15, 0.2) is 18.2 Å². The first-order chi connectivity index (χ1) is 13.5. The Kier molecular flexibility index (Phi) is 7.67. The van der Waals surface area contributed by atoms with Gasteiger partial charge in [0.15, 0.2) is 11.5 Å². The first kappa shape index (κ1) is 21.1. The van der Waals surface area contributed by atoms with Gasteiger partial charge in [0.05, 0.1) is 21.3 Å². The number of rotatable bonds is 10. The van der Waals surface area contributed by atoms with Crippen molar-refractivity contribution >= 4 is 17.7 Å². The molecule has 0 atom stereocenters. The summed E-state index contributed by atoms with van der Waals surface area (Å²) in [4.78, 5) is 21.1. The zero-order valence-electron chi connectivity index (χ0n) is 16.9. The first-order valence-electron chi connectivity index (χ1n) is 8.94. The second-order valence-corrected chi connectivity index (χ2v) is 5.85. The van der Waals surface area contributed by atoms with Crippen molar-refractivity contribution in [3.8, 4) is 17.2 Å². The van der Waals surface area contributed by atoms with E-state index in [0.717, 1.165) is 12.2 Å². The number of carbonyl (C=O) groups is 1. The second kappa shape index (κ2) is 10.2. The van der Waals surface area contributed by atoms with Gasteiger partial charge in [-0.05, 0) is 26.0 Å². The van der Waals surface area contributed by atoms with E-state index in [1.165, 1.54) is 21.3 Å². The summed E-state index contributed by atoms with van der Waals surface area (Å²) in [7, 11) is 4.53. The fraction of sp³-hybridized carbons (Fsp3) is 0.421. The van der Waals surface area contributed by atoms with Gasteiger partial charge in [-0.25, -0.2) is 4.98 Å². The maximum Gasteiger partial charge on any atom is 0.251 e. The molecule has 1 heterocycles. The van der Waals surface area contributed by atoms with Crippen LogP contribution in [0.1, 0.15) is 23.0 Å². The lowest BCUT2D eigenvalue weighted by Crippen LogP contribution is -2.29. The SMILES string of the molecule is CCNc1nc(C)cc(NCCNC(=O)c2cc(OC)c(OC)c(OC)c2)n1. The molecule has 0 aliphatic rings. The molecule has 9 heteroatoms. The van der Waals surface area contributed by atoms with Crippen LogP contribution in [0.5, 0.6) is 17.2 Å². The molecule has 2 rings (SSSR count). The van der Waals surface area contributed by atoms with Crippen LogP contribution in [0.4, 0.5) is 11.8 Å². The normalized spacial score (nSPS) is 10.2. The van der Waals surface area contributed by atoms with Crippen LogP contribution in [0.25, 0.3) is 0 Å². The molecule has 0 bridgehead atoms. The Morgan fingerprint density at radius 1 is 0.964 bits per heavy atom. The number of aromatic nitrogens is 2. The molecule has 9 nitrogen and oxygen atoms in total. The molecule has 0 saturated heterocycles. The lowest BCUT2D eigenvalue weighted by Gasteiger charge is -2.14. The number of aryl methyl sites for hydroxylation is 1. The molecule has 0 aliphatic heterocycles. The van der Waals surface area contributed by atoms with E-state index in [4.69, 9.17) is 14.2 Å². The number of amides is 1. The van der Waals surface area contributed by atoms with Gasteiger partial charge in [0, 0.05) is 37.0 Å². The molecule has 1 aromatic heterocycles. The fourth-order valence-electron chi connectivity index (χ4n) is 2.58. The van der Waals surface area contributed by atoms with Crippen molar-refractivity contribution in [3.05, 3.63) is 29.5 Å². The molecule has 0 spiro atoms. The van der Waals surface area contributed by atoms with Crippen LogP contribution >= 0.6 is 0 Å². The van der Waals surface area contributed by atoms with Gasteiger partial charge in [0.2, 0.25) is 11.7 Å². The topological polar surface area (TPSA) is 107 Å². The highest BCUT2D eigenvalue weighted by molar-refractivity contribution is 5.95. The first-order valence-corrected chi connectivity index (χ1v) is 8.94. The van der Waals surface area contributed by atoms with Crippen LogP contribution < -0.4 is 30.2 Å². The second-order valence-electron chi connectivity index (χ2n) is 5.85. The number of nitrogens with zero attached hydrogens (tertiary/aromatic N) is 2. The number of nitrogens with one attached hydrogen (secondary N) is 3. The van der Waals surface area contributed by atoms with Gasteiger partial charge in [-0.1, -0.05) is 0 Å². The molecular weight excluding hydrogens is 362 g/mol. The Morgan fingerprint density at radius 3 is 2.21 bits per heavy atom. The summed E-state index contributed by atoms with van der Waals surface area (Å²) in [5.41, 5.74) is 1.27. The minimum atomic E-state index is -0.242. The largest absolute Gasteiger partial charge is 0.493 e. The van der Waals surface area contributed by atoms with Crippen molar-refractivity contribution < 1.29 is 19.0 Å². The van der Waals surface area contributed by atoms with Gasteiger partial charge in [-0.3, -0.25) is 4.79 Å². The van der Waals surface area contributed by atoms with Crippen molar-refractivity contribution in [1.82, 2.24) is 15.3 Å². The number of benzene rings is 1. The standard InChI is InChI=1S/C19H27N5O4/c1-6-20-19-23-12(2)9-16(24-19)21-7-8-22-18(25)13-10-14(26-3)17(28-5)15(11-13)27-4/h9-11H,6-8H2,1-5H3,(H,22,25)(H2,20,21,23,24). The molecule has 0 aliphatic carbocycles. The van der Waals surface area contributed by atoms with Gasteiger partial charge in [-0.15, -0.1) is 0 Å². The summed E-state index contributed by atoms with van der Waals surface area (Å²) in [6.45, 7) is 5.55. The van der Waals surface area contributed by atoms with E-state index in [9.17, 15) is 4.79 Å². The smallest absolute Gasteiger partial charge is 0.251 e. The van der Waals surface area contributed by atoms with Crippen LogP contribution in [0.2, 0.25) is 0 Å². The molecule has 152 valence electrons. The Bertz CT molecular complexity index is 788. The molecule has 0 saturated carbocycles. The summed E-state index contributed by atoms with van der Waals surface area (Å²) in [6, 6.07) is 5.07. The third-order valence-corrected chi connectivity index (χ3v) is 3.83. The van der Waals surface area contributed by atoms with Crippen molar-refractivity contribution in [3.63, 3.8) is 0 Å². The highest BCUT2D eigenvalue weighted by Crippen LogP contribution is 2.38. The lowest BCUT2D eigenvalue weighted by atomic mass is 10.1. The predicted octanol–water partition coefficient (Wildman–Crippen LogP) is 2.08. The average Bonchev–Trinajstić information content (AvgIpc) is 2.69. The summed E-state index contributed by atoms with van der Waals surface area (Å²) in [6.07, 6.45) is 0. The molecule has 1 amide bonds. The highest BCUT2D eigenvalue weighted by atomic mass is 16.5. The summed E-state index contributed by atoms with van der Waals surface area (Å²) in [5, 5.41) is 9.11. The highest BCUT2D eigenvalue weighted by Gasteiger charge is 2.16. The van der Waals surface area contributed by atoms with Crippen LogP contribution in [0.3, 0.4) is 0 Å². The number of methoxy groups -OCH3 is 3. The Morgan fingerprint density at radius 2 is 1.64 bits per heavy atom. The molecular formula is C19H27N5O4. The predicted molar refractivity (Wildman–Crippen MR) is 108 cm³/mol. The van der Waals surface area contributed by atoms with Gasteiger partial charge in [0.25, 0.3) is 5.91 Å². The maximum absolute atomic E-state index is 12.5. The minimum Gasteiger partial charge on any atom is -0.493 e. The molecule has 3 N–H and O–H groups in total. The van der Waals surface area contributed by atoms with E-state index < -0.39 is 0 Å². The number of hydrogen-bond donors (Lipinski definition) is 3. The quantitative estimate of drug-likeness (QED) is 0.530. The number of carbonyl (C=O) groups excluding carboxylic acids is 1. The summed E-state index contributed by atoms with van der Waals surface area (Å²) >= 11 is 0. The van der Waals surface area contributed by atoms with Crippen LogP contribution in [-0.4, -0.2) is 56.8 Å². The van der Waals surface area contributed by atoms with E-state index in [1.54, 1.807) is 12.1 Å². The van der Waals surface area contributed by atoms with Gasteiger partial charge >= 0.3 is 0 Å². The third-order valence-electron chi connectivity index (χ3n) is 3.83. The van der Waals surface area contributed by atoms with Crippen molar-refractivity contribution in [2.75, 3.05) is 51.6 Å². The Balaban J connectivity index is 1.96. The van der Waals surface area contributed by atoms with Crippen molar-refractivity contribution in [2.45, 2.75) is 13.8 Å². The zero-order valence-corrected chi connectivity index (χ0v) is 16.9. The van der Waals surface area contributed by atoms with Crippen molar-refractivity contribution in [2.24, 2.45) is 0 Å². The fourth-order valence-corrected chi connectivity index (χ4v) is 2.58. The average molecular weight is 389 g/mol. The molecule has 0 fully saturated rings. The monoisotopic (exact) mass is 389 g/mol. The van der Waals surface area contributed by atoms with E-state index in [1.807, 2.05) is 19.9 Å². The van der Waals surface area contributed by atoms with Crippen LogP contribution in [-0.2, 0) is 0 Å². The maximum atomic E-state index is 12.5. The third kappa shape index (κ3) is 5.38. The van der Waals surface area contributed by atoms with E-state index in [0.29, 0.717) is 47.7 Å². The zero-order chi connectivity index (χ0) is 20.5. The molecule has 2 aromatic rings. The Hall–Kier alpha value is -3.23. The number of hydrogen-bond acceptors (Lipinski definition) is 8. The summed E-state index contributed by atoms with van der Waals surface area (Å²) < 4.78 is 15.8. The number of ether oxygens (including phenoxy) is 3. The molecule has 0 unspecified atom stereocenters. The van der Waals surface area contributed by atoms with Gasteiger partial charge in [0.1, 0.15) is 5.82 Å². The van der Waals surface area contributed by atoms with E-state index >= 15 is 0 Å². The minimum absolute atomic E-state index is 0.242. The molecule has 0 radical (unpaired) electrons. The van der Waals surface area contributed by atoms with E-state index in [-0.39, 0.29) is 5.91 Å². The molecule has 1 aromatic carbocycles. The van der Waals surface area contributed by atoms with Crippen LogP contribution in [0, 0.1) is 6.92 Å². The van der Waals surface area contributed by atoms with E-state index in [2.05, 4.69) is 25.9 Å². The number of anilines is 2. The summed E-state index contributed by atoms with van der Waals surface area (Å²) in [5.74, 6) is 2.33. The molecule has 28 heavy (non-hydrogen) atoms.